The predicted molar refractivity (Wildman–Crippen MR) is 71.4 cm³/mol. The largest absolute Gasteiger partial charge is 0.500 e. The van der Waals surface area contributed by atoms with E-state index >= 15 is 0 Å². The lowest BCUT2D eigenvalue weighted by Crippen LogP contribution is -2.43. The van der Waals surface area contributed by atoms with Crippen LogP contribution in [0.15, 0.2) is 0 Å². The van der Waals surface area contributed by atoms with Gasteiger partial charge in [-0.2, -0.15) is 0 Å². The van der Waals surface area contributed by atoms with E-state index in [2.05, 4.69) is 5.32 Å². The van der Waals surface area contributed by atoms with E-state index < -0.39 is 14.8 Å². The van der Waals surface area contributed by atoms with Gasteiger partial charge in [0, 0.05) is 47.4 Å². The molecule has 0 aromatic rings. The van der Waals surface area contributed by atoms with Crippen LogP contribution in [-0.4, -0.2) is 60.8 Å². The first-order chi connectivity index (χ1) is 8.47. The summed E-state index contributed by atoms with van der Waals surface area (Å²) in [6.07, 6.45) is 0.974. The predicted octanol–water partition coefficient (Wildman–Crippen LogP) is -0.106. The average molecular weight is 282 g/mol. The van der Waals surface area contributed by atoms with Crippen molar-refractivity contribution in [1.29, 1.82) is 0 Å². The second kappa shape index (κ2) is 12.9. The molecule has 0 aromatic carbocycles. The molecule has 0 aliphatic rings. The Labute approximate surface area is 110 Å². The van der Waals surface area contributed by atoms with Crippen LogP contribution in [0.3, 0.4) is 0 Å². The van der Waals surface area contributed by atoms with Crippen LogP contribution in [0.1, 0.15) is 13.3 Å². The van der Waals surface area contributed by atoms with Crippen molar-refractivity contribution in [3.8, 4) is 0 Å². The minimum atomic E-state index is -2.35. The Bertz CT molecular complexity index is 190. The Morgan fingerprint density at radius 3 is 2.00 bits per heavy atom. The monoisotopic (exact) mass is 282 g/mol. The van der Waals surface area contributed by atoms with Gasteiger partial charge in [0.15, 0.2) is 0 Å². The second-order valence-corrected chi connectivity index (χ2v) is 6.55. The van der Waals surface area contributed by atoms with Gasteiger partial charge < -0.3 is 29.4 Å². The van der Waals surface area contributed by atoms with Crippen LogP contribution in [0.4, 0.5) is 0 Å². The van der Waals surface area contributed by atoms with Gasteiger partial charge in [0.2, 0.25) is 0 Å². The van der Waals surface area contributed by atoms with Gasteiger partial charge in [-0.25, -0.2) is 0 Å². The van der Waals surface area contributed by atoms with Crippen molar-refractivity contribution < 1.29 is 23.2 Å². The third-order valence-corrected chi connectivity index (χ3v) is 4.92. The maximum atomic E-state index is 9.00. The van der Waals surface area contributed by atoms with Crippen LogP contribution in [-0.2, 0) is 18.1 Å². The fourth-order valence-corrected chi connectivity index (χ4v) is 2.94. The lowest BCUT2D eigenvalue weighted by atomic mass is 10.5. The minimum absolute atomic E-state index is 0.668. The number of hydrogen-bond donors (Lipinski definition) is 3. The first-order valence-electron chi connectivity index (χ1n) is 5.73. The number of carboxylic acid groups (broad SMARTS) is 1. The van der Waals surface area contributed by atoms with E-state index in [1.165, 1.54) is 0 Å². The zero-order chi connectivity index (χ0) is 14.4. The Kier molecular flexibility index (Phi) is 14.2. The average Bonchev–Trinajstić information content (AvgIpc) is 2.34. The molecular formula is C10H26N2O5Si. The molecule has 0 unspecified atom stereocenters. The van der Waals surface area contributed by atoms with Crippen LogP contribution >= 0.6 is 0 Å². The lowest BCUT2D eigenvalue weighted by Gasteiger charge is -2.24. The van der Waals surface area contributed by atoms with Crippen LogP contribution in [0.25, 0.3) is 0 Å². The first kappa shape index (κ1) is 19.8. The number of nitrogens with one attached hydrogen (secondary N) is 1. The molecule has 0 saturated heterocycles. The summed E-state index contributed by atoms with van der Waals surface area (Å²) in [4.78, 5) is 9.00. The lowest BCUT2D eigenvalue weighted by molar-refractivity contribution is -0.134. The molecule has 7 nitrogen and oxygen atoms in total. The van der Waals surface area contributed by atoms with E-state index in [1.807, 2.05) is 0 Å². The fraction of sp³-hybridized carbons (Fsp3) is 0.900. The number of rotatable bonds is 9. The van der Waals surface area contributed by atoms with Gasteiger partial charge in [0.25, 0.3) is 5.97 Å². The molecule has 0 heterocycles. The van der Waals surface area contributed by atoms with E-state index in [4.69, 9.17) is 28.9 Å². The van der Waals surface area contributed by atoms with Crippen LogP contribution in [0.2, 0.25) is 6.04 Å². The van der Waals surface area contributed by atoms with Crippen LogP contribution in [0, 0.1) is 0 Å². The summed E-state index contributed by atoms with van der Waals surface area (Å²) in [7, 11) is 2.55. The summed E-state index contributed by atoms with van der Waals surface area (Å²) < 4.78 is 15.9. The third-order valence-electron chi connectivity index (χ3n) is 2.09. The Balaban J connectivity index is 0. The van der Waals surface area contributed by atoms with Gasteiger partial charge in [-0.05, 0) is 13.0 Å². The maximum Gasteiger partial charge on any atom is 0.500 e. The number of carbonyl (C=O) groups is 1. The molecule has 0 aromatic heterocycles. The van der Waals surface area contributed by atoms with Crippen LogP contribution in [0.5, 0.6) is 0 Å². The summed E-state index contributed by atoms with van der Waals surface area (Å²) in [6, 6.07) is 0.827. The van der Waals surface area contributed by atoms with Gasteiger partial charge in [-0.3, -0.25) is 4.79 Å². The number of aliphatic carboxylic acids is 1. The van der Waals surface area contributed by atoms with Gasteiger partial charge in [0.05, 0.1) is 0 Å². The highest BCUT2D eigenvalue weighted by Crippen LogP contribution is 2.13. The zero-order valence-electron chi connectivity index (χ0n) is 11.7. The number of hydrogen-bond acceptors (Lipinski definition) is 6. The van der Waals surface area contributed by atoms with Crippen molar-refractivity contribution in [3.05, 3.63) is 0 Å². The molecular weight excluding hydrogens is 256 g/mol. The summed E-state index contributed by atoms with van der Waals surface area (Å²) in [5, 5.41) is 10.6. The van der Waals surface area contributed by atoms with Gasteiger partial charge >= 0.3 is 8.80 Å². The van der Waals surface area contributed by atoms with Gasteiger partial charge in [-0.15, -0.1) is 0 Å². The number of carboxylic acids is 1. The summed E-state index contributed by atoms with van der Waals surface area (Å²) in [5.74, 6) is -0.833. The molecule has 0 amide bonds. The van der Waals surface area contributed by atoms with Crippen molar-refractivity contribution in [2.75, 3.05) is 41.0 Å². The maximum absolute atomic E-state index is 9.00. The molecule has 0 spiro atoms. The summed E-state index contributed by atoms with van der Waals surface area (Å²) >= 11 is 0. The minimum Gasteiger partial charge on any atom is -0.481 e. The summed E-state index contributed by atoms with van der Waals surface area (Å²) in [6.45, 7) is 3.52. The molecule has 0 aliphatic heterocycles. The molecule has 0 fully saturated rings. The van der Waals surface area contributed by atoms with Crippen molar-refractivity contribution in [2.45, 2.75) is 19.4 Å². The highest BCUT2D eigenvalue weighted by molar-refractivity contribution is 6.60. The molecule has 0 saturated carbocycles. The molecule has 0 rings (SSSR count). The number of nitrogens with two attached hydrogens (primary N) is 1. The zero-order valence-corrected chi connectivity index (χ0v) is 12.7. The normalized spacial score (nSPS) is 10.7. The molecule has 0 aliphatic carbocycles. The first-order valence-corrected chi connectivity index (χ1v) is 7.67. The van der Waals surface area contributed by atoms with Gasteiger partial charge in [-0.1, -0.05) is 0 Å². The molecule has 8 heteroatoms. The Morgan fingerprint density at radius 2 is 1.67 bits per heavy atom. The van der Waals surface area contributed by atoms with Crippen LogP contribution < -0.4 is 11.1 Å². The third kappa shape index (κ3) is 12.0. The molecule has 0 atom stereocenters. The fourth-order valence-electron chi connectivity index (χ4n) is 1.21. The Morgan fingerprint density at radius 1 is 1.22 bits per heavy atom. The van der Waals surface area contributed by atoms with E-state index in [9.17, 15) is 0 Å². The van der Waals surface area contributed by atoms with E-state index in [0.717, 1.165) is 32.5 Å². The van der Waals surface area contributed by atoms with Crippen molar-refractivity contribution in [2.24, 2.45) is 5.73 Å². The highest BCUT2D eigenvalue weighted by Gasteiger charge is 2.36. The molecule has 4 N–H and O–H groups in total. The smallest absolute Gasteiger partial charge is 0.481 e. The van der Waals surface area contributed by atoms with Crippen molar-refractivity contribution in [1.82, 2.24) is 5.32 Å². The van der Waals surface area contributed by atoms with E-state index in [1.54, 1.807) is 21.3 Å². The standard InChI is InChI=1S/C8H22N2O3Si.C2H4O2/c1-11-14(12-2,13-3)8-4-6-10-7-5-9;1-2(3)4/h10H,4-9H2,1-3H3;1H3,(H,3,4). The second-order valence-electron chi connectivity index (χ2n) is 3.46. The van der Waals surface area contributed by atoms with Crippen molar-refractivity contribution >= 4 is 14.8 Å². The highest BCUT2D eigenvalue weighted by atomic mass is 28.4. The van der Waals surface area contributed by atoms with Crippen molar-refractivity contribution in [3.63, 3.8) is 0 Å². The molecule has 0 bridgehead atoms. The summed E-state index contributed by atoms with van der Waals surface area (Å²) in [5.41, 5.74) is 5.35. The molecule has 18 heavy (non-hydrogen) atoms. The topological polar surface area (TPSA) is 103 Å². The van der Waals surface area contributed by atoms with E-state index in [0.29, 0.717) is 6.54 Å². The van der Waals surface area contributed by atoms with E-state index in [-0.39, 0.29) is 0 Å². The van der Waals surface area contributed by atoms with Gasteiger partial charge in [0.1, 0.15) is 0 Å². The molecule has 110 valence electrons. The Hall–Kier alpha value is -0.513. The SMILES string of the molecule is CC(=O)O.CO[Si](CCCNCCN)(OC)OC. The molecule has 0 radical (unpaired) electrons. The quantitative estimate of drug-likeness (QED) is 0.400.